The zero-order chi connectivity index (χ0) is 23.9. The molecular weight excluding hydrogens is 456 g/mol. The second-order valence-electron chi connectivity index (χ2n) is 8.78. The molecule has 9 nitrogen and oxygen atoms in total. The summed E-state index contributed by atoms with van der Waals surface area (Å²) >= 11 is 0. The molecule has 1 aromatic heterocycles. The molecule has 3 aromatic rings. The molecule has 0 atom stereocenters. The molecule has 0 radical (unpaired) electrons. The lowest BCUT2D eigenvalue weighted by atomic mass is 9.85. The van der Waals surface area contributed by atoms with Crippen LogP contribution in [0.25, 0.3) is 0 Å². The van der Waals surface area contributed by atoms with Gasteiger partial charge >= 0.3 is 0 Å². The summed E-state index contributed by atoms with van der Waals surface area (Å²) in [6, 6.07) is 12.6. The number of sulfonamides is 1. The van der Waals surface area contributed by atoms with E-state index in [4.69, 9.17) is 9.26 Å². The van der Waals surface area contributed by atoms with Crippen LogP contribution in [0.3, 0.4) is 0 Å². The van der Waals surface area contributed by atoms with E-state index in [-0.39, 0.29) is 30.5 Å². The second-order valence-corrected chi connectivity index (χ2v) is 10.8. The molecule has 2 aliphatic rings. The third-order valence-electron chi connectivity index (χ3n) is 6.37. The number of aryl methyl sites for hydroxylation is 1. The first kappa shape index (κ1) is 22.5. The minimum Gasteiger partial charge on any atom is -0.482 e. The van der Waals surface area contributed by atoms with Crippen LogP contribution in [0.2, 0.25) is 0 Å². The van der Waals surface area contributed by atoms with Crippen molar-refractivity contribution in [1.29, 1.82) is 0 Å². The largest absolute Gasteiger partial charge is 0.482 e. The number of hydrogen-bond acceptors (Lipinski definition) is 7. The molecule has 0 saturated heterocycles. The van der Waals surface area contributed by atoms with E-state index in [1.807, 2.05) is 30.3 Å². The monoisotopic (exact) mass is 482 g/mol. The number of nitrogens with zero attached hydrogens (tertiary/aromatic N) is 4. The Morgan fingerprint density at radius 2 is 1.94 bits per heavy atom. The van der Waals surface area contributed by atoms with Crippen molar-refractivity contribution in [3.8, 4) is 5.75 Å². The van der Waals surface area contributed by atoms with E-state index in [9.17, 15) is 13.2 Å². The van der Waals surface area contributed by atoms with Gasteiger partial charge < -0.3 is 9.26 Å². The minimum absolute atomic E-state index is 0.130. The van der Waals surface area contributed by atoms with Crippen LogP contribution in [-0.2, 0) is 27.9 Å². The SMILES string of the molecule is Cc1cc2c(cc1S(=O)(=O)N(C)Cc1ccccc1)OCC(=O)N2Cc1noc(C2CCC2)n1. The number of carbonyl (C=O) groups is 1. The van der Waals surface area contributed by atoms with E-state index in [0.717, 1.165) is 24.8 Å². The Morgan fingerprint density at radius 1 is 1.18 bits per heavy atom. The highest BCUT2D eigenvalue weighted by atomic mass is 32.2. The summed E-state index contributed by atoms with van der Waals surface area (Å²) < 4.78 is 39.0. The first-order chi connectivity index (χ1) is 16.3. The number of rotatable bonds is 7. The minimum atomic E-state index is -3.78. The first-order valence-electron chi connectivity index (χ1n) is 11.2. The van der Waals surface area contributed by atoms with Gasteiger partial charge in [0.1, 0.15) is 5.75 Å². The number of ether oxygens (including phenoxy) is 1. The molecule has 0 N–H and O–H groups in total. The first-order valence-corrected chi connectivity index (χ1v) is 12.7. The highest BCUT2D eigenvalue weighted by Crippen LogP contribution is 2.38. The van der Waals surface area contributed by atoms with E-state index in [2.05, 4.69) is 10.1 Å². The van der Waals surface area contributed by atoms with E-state index in [1.54, 1.807) is 20.0 Å². The summed E-state index contributed by atoms with van der Waals surface area (Å²) in [5, 5.41) is 4.04. The Kier molecular flexibility index (Phi) is 5.86. The van der Waals surface area contributed by atoms with Crippen LogP contribution in [0.5, 0.6) is 5.75 Å². The lowest BCUT2D eigenvalue weighted by Crippen LogP contribution is -2.39. The van der Waals surface area contributed by atoms with E-state index >= 15 is 0 Å². The molecule has 5 rings (SSSR count). The van der Waals surface area contributed by atoms with Gasteiger partial charge in [-0.25, -0.2) is 8.42 Å². The average molecular weight is 483 g/mol. The molecule has 0 spiro atoms. The summed E-state index contributed by atoms with van der Waals surface area (Å²) in [6.45, 7) is 1.89. The number of amides is 1. The normalized spacial score (nSPS) is 16.3. The summed E-state index contributed by atoms with van der Waals surface area (Å²) in [5.41, 5.74) is 1.90. The van der Waals surface area contributed by atoms with Crippen LogP contribution in [0.4, 0.5) is 5.69 Å². The maximum atomic E-state index is 13.3. The maximum Gasteiger partial charge on any atom is 0.265 e. The van der Waals surface area contributed by atoms with Crippen LogP contribution in [0.1, 0.15) is 48.0 Å². The molecule has 1 aliphatic heterocycles. The number of anilines is 1. The van der Waals surface area contributed by atoms with Crippen LogP contribution < -0.4 is 9.64 Å². The fourth-order valence-electron chi connectivity index (χ4n) is 4.17. The highest BCUT2D eigenvalue weighted by molar-refractivity contribution is 7.89. The van der Waals surface area contributed by atoms with Gasteiger partial charge in [0, 0.05) is 25.6 Å². The molecule has 1 fully saturated rings. The second kappa shape index (κ2) is 8.84. The van der Waals surface area contributed by atoms with E-state index < -0.39 is 10.0 Å². The van der Waals surface area contributed by atoms with Crippen LogP contribution in [-0.4, -0.2) is 42.4 Å². The third-order valence-corrected chi connectivity index (χ3v) is 8.32. The van der Waals surface area contributed by atoms with Crippen molar-refractivity contribution >= 4 is 21.6 Å². The Hall–Kier alpha value is -3.24. The maximum absolute atomic E-state index is 13.3. The van der Waals surface area contributed by atoms with Crippen molar-refractivity contribution in [2.24, 2.45) is 0 Å². The van der Waals surface area contributed by atoms with Gasteiger partial charge in [-0.15, -0.1) is 0 Å². The van der Waals surface area contributed by atoms with Crippen molar-refractivity contribution in [1.82, 2.24) is 14.4 Å². The quantitative estimate of drug-likeness (QED) is 0.508. The predicted octanol–water partition coefficient (Wildman–Crippen LogP) is 3.39. The summed E-state index contributed by atoms with van der Waals surface area (Å²) in [4.78, 5) is 18.8. The van der Waals surface area contributed by atoms with E-state index in [0.29, 0.717) is 34.6 Å². The zero-order valence-corrected chi connectivity index (χ0v) is 19.9. The molecule has 0 bridgehead atoms. The number of benzene rings is 2. The molecule has 10 heteroatoms. The molecule has 0 unspecified atom stereocenters. The lowest BCUT2D eigenvalue weighted by Gasteiger charge is -2.30. The molecule has 1 saturated carbocycles. The number of hydrogen-bond donors (Lipinski definition) is 0. The predicted molar refractivity (Wildman–Crippen MR) is 124 cm³/mol. The van der Waals surface area contributed by atoms with Crippen molar-refractivity contribution in [2.45, 2.75) is 50.1 Å². The molecule has 1 amide bonds. The molecule has 178 valence electrons. The van der Waals surface area contributed by atoms with Crippen molar-refractivity contribution in [2.75, 3.05) is 18.6 Å². The summed E-state index contributed by atoms with van der Waals surface area (Å²) in [5.74, 6) is 1.41. The Labute approximate surface area is 198 Å². The highest BCUT2D eigenvalue weighted by Gasteiger charge is 2.32. The van der Waals surface area contributed by atoms with Crippen LogP contribution in [0.15, 0.2) is 51.9 Å². The molecule has 34 heavy (non-hydrogen) atoms. The van der Waals surface area contributed by atoms with Gasteiger partial charge in [0.25, 0.3) is 5.91 Å². The van der Waals surface area contributed by atoms with Crippen molar-refractivity contribution in [3.05, 3.63) is 65.3 Å². The lowest BCUT2D eigenvalue weighted by molar-refractivity contribution is -0.121. The Bertz CT molecular complexity index is 1320. The molecule has 1 aliphatic carbocycles. The Balaban J connectivity index is 1.41. The van der Waals surface area contributed by atoms with Gasteiger partial charge in [0.15, 0.2) is 12.4 Å². The van der Waals surface area contributed by atoms with Gasteiger partial charge in [-0.1, -0.05) is 41.9 Å². The fraction of sp³-hybridized carbons (Fsp3) is 0.375. The summed E-state index contributed by atoms with van der Waals surface area (Å²) in [7, 11) is -2.23. The Morgan fingerprint density at radius 3 is 2.65 bits per heavy atom. The molecule has 2 heterocycles. The van der Waals surface area contributed by atoms with Crippen LogP contribution >= 0.6 is 0 Å². The topological polar surface area (TPSA) is 106 Å². The van der Waals surface area contributed by atoms with Gasteiger partial charge in [-0.2, -0.15) is 9.29 Å². The van der Waals surface area contributed by atoms with Gasteiger partial charge in [-0.3, -0.25) is 9.69 Å². The number of fused-ring (bicyclic) bond motifs is 1. The van der Waals surface area contributed by atoms with Crippen molar-refractivity contribution < 1.29 is 22.5 Å². The van der Waals surface area contributed by atoms with Gasteiger partial charge in [0.2, 0.25) is 15.9 Å². The third kappa shape index (κ3) is 4.19. The van der Waals surface area contributed by atoms with Gasteiger partial charge in [0.05, 0.1) is 17.1 Å². The van der Waals surface area contributed by atoms with Gasteiger partial charge in [-0.05, 0) is 37.0 Å². The average Bonchev–Trinajstić information content (AvgIpc) is 3.22. The molecular formula is C24H26N4O5S. The number of carbonyl (C=O) groups excluding carboxylic acids is 1. The molecule has 2 aromatic carbocycles. The standard InChI is InChI=1S/C24H26N4O5S/c1-16-11-19-20(12-21(16)34(30,31)27(2)13-17-7-4-3-5-8-17)32-15-23(29)28(19)14-22-25-24(33-26-22)18-9-6-10-18/h3-5,7-8,11-12,18H,6,9-10,13-15H2,1-2H3. The fourth-order valence-corrected chi connectivity index (χ4v) is 5.55. The van der Waals surface area contributed by atoms with Crippen molar-refractivity contribution in [3.63, 3.8) is 0 Å². The zero-order valence-electron chi connectivity index (χ0n) is 19.1. The van der Waals surface area contributed by atoms with Crippen LogP contribution in [0, 0.1) is 6.92 Å². The van der Waals surface area contributed by atoms with E-state index in [1.165, 1.54) is 15.3 Å². The number of aromatic nitrogens is 2. The smallest absolute Gasteiger partial charge is 0.265 e. The summed E-state index contributed by atoms with van der Waals surface area (Å²) in [6.07, 6.45) is 3.23.